The number of hydrogen-bond donors (Lipinski definition) is 0. The SMILES string of the molecule is COc1ccccc1C(=O)N1CCCC(Oc2ncccn2)C1. The van der Waals surface area contributed by atoms with E-state index in [0.717, 1.165) is 12.8 Å². The van der Waals surface area contributed by atoms with Gasteiger partial charge in [0.05, 0.1) is 19.2 Å². The molecule has 1 aromatic carbocycles. The van der Waals surface area contributed by atoms with Crippen molar-refractivity contribution < 1.29 is 14.3 Å². The molecule has 6 nitrogen and oxygen atoms in total. The summed E-state index contributed by atoms with van der Waals surface area (Å²) in [6.07, 6.45) is 4.96. The number of piperidine rings is 1. The van der Waals surface area contributed by atoms with Gasteiger partial charge in [-0.15, -0.1) is 0 Å². The molecule has 3 rings (SSSR count). The molecule has 0 saturated carbocycles. The van der Waals surface area contributed by atoms with E-state index in [4.69, 9.17) is 9.47 Å². The molecule has 1 saturated heterocycles. The van der Waals surface area contributed by atoms with Gasteiger partial charge in [0, 0.05) is 18.9 Å². The molecule has 120 valence electrons. The van der Waals surface area contributed by atoms with Crippen LogP contribution in [0.4, 0.5) is 0 Å². The summed E-state index contributed by atoms with van der Waals surface area (Å²) in [6, 6.07) is 9.36. The van der Waals surface area contributed by atoms with Crippen LogP contribution in [0, 0.1) is 0 Å². The molecule has 1 fully saturated rings. The highest BCUT2D eigenvalue weighted by atomic mass is 16.5. The van der Waals surface area contributed by atoms with Crippen LogP contribution in [-0.4, -0.2) is 47.1 Å². The van der Waals surface area contributed by atoms with E-state index in [0.29, 0.717) is 30.4 Å². The van der Waals surface area contributed by atoms with E-state index in [2.05, 4.69) is 9.97 Å². The first-order valence-corrected chi connectivity index (χ1v) is 7.64. The lowest BCUT2D eigenvalue weighted by Crippen LogP contribution is -2.44. The number of likely N-dealkylation sites (tertiary alicyclic amines) is 1. The van der Waals surface area contributed by atoms with Crippen molar-refractivity contribution >= 4 is 5.91 Å². The Morgan fingerprint density at radius 3 is 2.78 bits per heavy atom. The predicted octanol–water partition coefficient (Wildman–Crippen LogP) is 2.17. The van der Waals surface area contributed by atoms with Gasteiger partial charge in [-0.05, 0) is 31.0 Å². The van der Waals surface area contributed by atoms with Gasteiger partial charge in [-0.2, -0.15) is 0 Å². The fourth-order valence-corrected chi connectivity index (χ4v) is 2.71. The number of ether oxygens (including phenoxy) is 2. The molecule has 23 heavy (non-hydrogen) atoms. The van der Waals surface area contributed by atoms with Crippen LogP contribution in [0.15, 0.2) is 42.7 Å². The fraction of sp³-hybridized carbons (Fsp3) is 0.353. The molecule has 0 N–H and O–H groups in total. The third kappa shape index (κ3) is 3.59. The summed E-state index contributed by atoms with van der Waals surface area (Å²) in [6.45, 7) is 1.24. The standard InChI is InChI=1S/C17H19N3O3/c1-22-15-8-3-2-7-14(15)16(21)20-11-4-6-13(12-20)23-17-18-9-5-10-19-17/h2-3,5,7-10,13H,4,6,11-12H2,1H3. The zero-order chi connectivity index (χ0) is 16.1. The molecule has 2 aromatic rings. The minimum atomic E-state index is -0.0928. The minimum absolute atomic E-state index is 0.0373. The molecule has 1 aliphatic rings. The Bertz CT molecular complexity index is 663. The number of amides is 1. The zero-order valence-corrected chi connectivity index (χ0v) is 13.0. The molecule has 6 heteroatoms. The first kappa shape index (κ1) is 15.3. The first-order valence-electron chi connectivity index (χ1n) is 7.64. The van der Waals surface area contributed by atoms with Gasteiger partial charge in [0.25, 0.3) is 5.91 Å². The van der Waals surface area contributed by atoms with Crippen LogP contribution in [0.25, 0.3) is 0 Å². The lowest BCUT2D eigenvalue weighted by atomic mass is 10.1. The third-order valence-electron chi connectivity index (χ3n) is 3.82. The molecule has 2 heterocycles. The van der Waals surface area contributed by atoms with Crippen molar-refractivity contribution in [2.45, 2.75) is 18.9 Å². The van der Waals surface area contributed by atoms with Gasteiger partial charge in [-0.1, -0.05) is 12.1 Å². The normalized spacial score (nSPS) is 17.6. The summed E-state index contributed by atoms with van der Waals surface area (Å²) in [5.74, 6) is 0.552. The number of benzene rings is 1. The maximum atomic E-state index is 12.7. The first-order chi connectivity index (χ1) is 11.3. The van der Waals surface area contributed by atoms with Crippen LogP contribution in [0.2, 0.25) is 0 Å². The van der Waals surface area contributed by atoms with Crippen molar-refractivity contribution in [1.82, 2.24) is 14.9 Å². The van der Waals surface area contributed by atoms with Gasteiger partial charge in [0.15, 0.2) is 0 Å². The Hall–Kier alpha value is -2.63. The van der Waals surface area contributed by atoms with Crippen LogP contribution in [0.3, 0.4) is 0 Å². The van der Waals surface area contributed by atoms with E-state index >= 15 is 0 Å². The summed E-state index contributed by atoms with van der Waals surface area (Å²) in [4.78, 5) is 22.7. The van der Waals surface area contributed by atoms with Crippen molar-refractivity contribution in [3.8, 4) is 11.8 Å². The Morgan fingerprint density at radius 1 is 1.22 bits per heavy atom. The van der Waals surface area contributed by atoms with E-state index in [-0.39, 0.29) is 12.0 Å². The lowest BCUT2D eigenvalue weighted by molar-refractivity contribution is 0.0513. The van der Waals surface area contributed by atoms with E-state index < -0.39 is 0 Å². The molecule has 1 atom stereocenters. The molecule has 1 unspecified atom stereocenters. The summed E-state index contributed by atoms with van der Waals surface area (Å²) >= 11 is 0. The second kappa shape index (κ2) is 7.09. The monoisotopic (exact) mass is 313 g/mol. The maximum Gasteiger partial charge on any atom is 0.316 e. The van der Waals surface area contributed by atoms with Gasteiger partial charge in [-0.25, -0.2) is 9.97 Å². The molecule has 0 bridgehead atoms. The van der Waals surface area contributed by atoms with Crippen LogP contribution in [-0.2, 0) is 0 Å². The topological polar surface area (TPSA) is 64.5 Å². The molecular formula is C17H19N3O3. The number of aromatic nitrogens is 2. The molecule has 0 aliphatic carbocycles. The zero-order valence-electron chi connectivity index (χ0n) is 13.0. The Morgan fingerprint density at radius 2 is 2.00 bits per heavy atom. The van der Waals surface area contributed by atoms with Gasteiger partial charge in [-0.3, -0.25) is 4.79 Å². The predicted molar refractivity (Wildman–Crippen MR) is 84.6 cm³/mol. The van der Waals surface area contributed by atoms with Gasteiger partial charge in [0.1, 0.15) is 11.9 Å². The lowest BCUT2D eigenvalue weighted by Gasteiger charge is -2.32. The van der Waals surface area contributed by atoms with Crippen molar-refractivity contribution in [2.75, 3.05) is 20.2 Å². The van der Waals surface area contributed by atoms with Crippen LogP contribution in [0.1, 0.15) is 23.2 Å². The van der Waals surface area contributed by atoms with E-state index in [1.807, 2.05) is 12.1 Å². The molecule has 1 aliphatic heterocycles. The highest BCUT2D eigenvalue weighted by Crippen LogP contribution is 2.22. The molecule has 0 radical (unpaired) electrons. The van der Waals surface area contributed by atoms with Gasteiger partial charge < -0.3 is 14.4 Å². The number of methoxy groups -OCH3 is 1. The van der Waals surface area contributed by atoms with E-state index in [9.17, 15) is 4.79 Å². The third-order valence-corrected chi connectivity index (χ3v) is 3.82. The number of rotatable bonds is 4. The second-order valence-electron chi connectivity index (χ2n) is 5.36. The molecular weight excluding hydrogens is 294 g/mol. The van der Waals surface area contributed by atoms with Crippen LogP contribution >= 0.6 is 0 Å². The van der Waals surface area contributed by atoms with Crippen LogP contribution in [0.5, 0.6) is 11.8 Å². The Labute approximate surface area is 135 Å². The number of hydrogen-bond acceptors (Lipinski definition) is 5. The highest BCUT2D eigenvalue weighted by Gasteiger charge is 2.27. The molecule has 1 amide bonds. The van der Waals surface area contributed by atoms with Crippen molar-refractivity contribution in [3.63, 3.8) is 0 Å². The Kier molecular flexibility index (Phi) is 4.71. The largest absolute Gasteiger partial charge is 0.496 e. The van der Waals surface area contributed by atoms with Gasteiger partial charge in [0.2, 0.25) is 0 Å². The van der Waals surface area contributed by atoms with Crippen molar-refractivity contribution in [2.24, 2.45) is 0 Å². The van der Waals surface area contributed by atoms with E-state index in [1.165, 1.54) is 0 Å². The molecule has 1 aromatic heterocycles. The number of nitrogens with zero attached hydrogens (tertiary/aromatic N) is 3. The summed E-state index contributed by atoms with van der Waals surface area (Å²) in [5, 5.41) is 0. The summed E-state index contributed by atoms with van der Waals surface area (Å²) in [5.41, 5.74) is 0.576. The second-order valence-corrected chi connectivity index (χ2v) is 5.36. The van der Waals surface area contributed by atoms with Crippen molar-refractivity contribution in [3.05, 3.63) is 48.3 Å². The quantitative estimate of drug-likeness (QED) is 0.865. The smallest absolute Gasteiger partial charge is 0.316 e. The Balaban J connectivity index is 1.69. The van der Waals surface area contributed by atoms with Crippen LogP contribution < -0.4 is 9.47 Å². The number of carbonyl (C=O) groups is 1. The summed E-state index contributed by atoms with van der Waals surface area (Å²) in [7, 11) is 1.57. The molecule has 0 spiro atoms. The highest BCUT2D eigenvalue weighted by molar-refractivity contribution is 5.97. The minimum Gasteiger partial charge on any atom is -0.496 e. The average molecular weight is 313 g/mol. The number of para-hydroxylation sites is 1. The van der Waals surface area contributed by atoms with Gasteiger partial charge >= 0.3 is 6.01 Å². The maximum absolute atomic E-state index is 12.7. The number of carbonyl (C=O) groups excluding carboxylic acids is 1. The van der Waals surface area contributed by atoms with E-state index in [1.54, 1.807) is 42.6 Å². The average Bonchev–Trinajstić information content (AvgIpc) is 2.62. The van der Waals surface area contributed by atoms with Crippen molar-refractivity contribution in [1.29, 1.82) is 0 Å². The fourth-order valence-electron chi connectivity index (χ4n) is 2.71. The summed E-state index contributed by atoms with van der Waals surface area (Å²) < 4.78 is 11.1.